The molecule has 0 saturated heterocycles. The Morgan fingerprint density at radius 3 is 2.55 bits per heavy atom. The third-order valence-corrected chi connectivity index (χ3v) is 2.91. The van der Waals surface area contributed by atoms with Crippen LogP contribution < -0.4 is 9.47 Å². The minimum Gasteiger partial charge on any atom is -0.490 e. The van der Waals surface area contributed by atoms with Gasteiger partial charge in [-0.25, -0.2) is 0 Å². The predicted molar refractivity (Wildman–Crippen MR) is 71.5 cm³/mol. The van der Waals surface area contributed by atoms with E-state index in [4.69, 9.17) is 9.47 Å². The summed E-state index contributed by atoms with van der Waals surface area (Å²) >= 11 is 3.21. The van der Waals surface area contributed by atoms with Crippen LogP contribution in [0.5, 0.6) is 11.5 Å². The van der Waals surface area contributed by atoms with Gasteiger partial charge in [-0.1, -0.05) is 0 Å². The number of alkyl halides is 3. The molecule has 0 aliphatic rings. The third-order valence-electron chi connectivity index (χ3n) is 2.32. The molecular formula is C13H14BrF3O3. The molecule has 0 saturated carbocycles. The van der Waals surface area contributed by atoms with Crippen LogP contribution in [0.3, 0.4) is 0 Å². The monoisotopic (exact) mass is 354 g/mol. The number of hydrogen-bond donors (Lipinski definition) is 0. The maximum absolute atomic E-state index is 12.0. The minimum absolute atomic E-state index is 0.0847. The number of ether oxygens (including phenoxy) is 2. The quantitative estimate of drug-likeness (QED) is 0.538. The Morgan fingerprint density at radius 2 is 2.00 bits per heavy atom. The maximum Gasteiger partial charge on any atom is 0.389 e. The highest BCUT2D eigenvalue weighted by Crippen LogP contribution is 2.37. The summed E-state index contributed by atoms with van der Waals surface area (Å²) in [5.74, 6) is 0.635. The summed E-state index contributed by atoms with van der Waals surface area (Å²) in [6.45, 7) is 2.03. The van der Waals surface area contributed by atoms with Crippen molar-refractivity contribution in [3.63, 3.8) is 0 Å². The van der Waals surface area contributed by atoms with Crippen LogP contribution in [0.25, 0.3) is 0 Å². The van der Waals surface area contributed by atoms with Crippen molar-refractivity contribution in [2.24, 2.45) is 0 Å². The molecule has 20 heavy (non-hydrogen) atoms. The molecule has 1 rings (SSSR count). The summed E-state index contributed by atoms with van der Waals surface area (Å²) < 4.78 is 47.2. The number of carbonyl (C=O) groups excluding carboxylic acids is 1. The number of rotatable bonds is 7. The second-order valence-corrected chi connectivity index (χ2v) is 4.80. The van der Waals surface area contributed by atoms with E-state index < -0.39 is 12.6 Å². The smallest absolute Gasteiger partial charge is 0.389 e. The normalized spacial score (nSPS) is 11.2. The lowest BCUT2D eigenvalue weighted by atomic mass is 10.2. The first kappa shape index (κ1) is 16.8. The summed E-state index contributed by atoms with van der Waals surface area (Å²) in [7, 11) is 0. The first-order valence-electron chi connectivity index (χ1n) is 5.98. The molecule has 112 valence electrons. The molecule has 1 aromatic rings. The fourth-order valence-corrected chi connectivity index (χ4v) is 2.08. The van der Waals surface area contributed by atoms with Gasteiger partial charge in [0.05, 0.1) is 17.7 Å². The molecule has 0 spiro atoms. The van der Waals surface area contributed by atoms with E-state index in [0.29, 0.717) is 34.4 Å². The van der Waals surface area contributed by atoms with Crippen LogP contribution >= 0.6 is 15.9 Å². The fraction of sp³-hybridized carbons (Fsp3) is 0.462. The lowest BCUT2D eigenvalue weighted by molar-refractivity contribution is -0.136. The summed E-state index contributed by atoms with van der Waals surface area (Å²) in [4.78, 5) is 10.8. The summed E-state index contributed by atoms with van der Waals surface area (Å²) in [5.41, 5.74) is 0.392. The van der Waals surface area contributed by atoms with Gasteiger partial charge < -0.3 is 9.47 Å². The lowest BCUT2D eigenvalue weighted by Gasteiger charge is -2.14. The minimum atomic E-state index is -4.19. The fourth-order valence-electron chi connectivity index (χ4n) is 1.51. The van der Waals surface area contributed by atoms with Crippen LogP contribution in [0, 0.1) is 0 Å². The van der Waals surface area contributed by atoms with Gasteiger partial charge in [0.15, 0.2) is 11.5 Å². The maximum atomic E-state index is 12.0. The van der Waals surface area contributed by atoms with Gasteiger partial charge in [-0.05, 0) is 41.4 Å². The number of carbonyl (C=O) groups is 1. The Labute approximate surface area is 123 Å². The van der Waals surface area contributed by atoms with Crippen molar-refractivity contribution < 1.29 is 27.4 Å². The Kier molecular flexibility index (Phi) is 6.32. The Balaban J connectivity index is 2.75. The number of halogens is 4. The van der Waals surface area contributed by atoms with Crippen LogP contribution in [-0.4, -0.2) is 25.7 Å². The van der Waals surface area contributed by atoms with Crippen LogP contribution in [0.4, 0.5) is 13.2 Å². The Hall–Kier alpha value is -1.24. The lowest BCUT2D eigenvalue weighted by Crippen LogP contribution is -2.10. The van der Waals surface area contributed by atoms with Crippen molar-refractivity contribution >= 4 is 22.2 Å². The molecular weight excluding hydrogens is 341 g/mol. The van der Waals surface area contributed by atoms with E-state index in [1.54, 1.807) is 6.92 Å². The summed E-state index contributed by atoms with van der Waals surface area (Å²) in [6, 6.07) is 3.01. The van der Waals surface area contributed by atoms with E-state index in [9.17, 15) is 18.0 Å². The van der Waals surface area contributed by atoms with Crippen molar-refractivity contribution in [2.75, 3.05) is 13.2 Å². The van der Waals surface area contributed by atoms with Gasteiger partial charge in [-0.3, -0.25) is 4.79 Å². The average molecular weight is 355 g/mol. The van der Waals surface area contributed by atoms with Gasteiger partial charge in [0.2, 0.25) is 0 Å². The zero-order chi connectivity index (χ0) is 15.2. The van der Waals surface area contributed by atoms with Gasteiger partial charge in [-0.2, -0.15) is 13.2 Å². The second-order valence-electron chi connectivity index (χ2n) is 3.95. The molecule has 0 amide bonds. The molecule has 1 aromatic carbocycles. The van der Waals surface area contributed by atoms with Gasteiger partial charge in [0, 0.05) is 12.0 Å². The molecule has 0 aliphatic heterocycles. The van der Waals surface area contributed by atoms with Crippen molar-refractivity contribution in [3.8, 4) is 11.5 Å². The highest BCUT2D eigenvalue weighted by Gasteiger charge is 2.26. The first-order valence-corrected chi connectivity index (χ1v) is 6.77. The van der Waals surface area contributed by atoms with Gasteiger partial charge in [0.25, 0.3) is 0 Å². The molecule has 0 N–H and O–H groups in total. The standard InChI is InChI=1S/C13H14BrF3O3/c1-2-19-11-7-9(8-18)6-10(14)12(11)20-5-3-4-13(15,16)17/h6-8H,2-5H2,1H3. The SMILES string of the molecule is CCOc1cc(C=O)cc(Br)c1OCCCC(F)(F)F. The van der Waals surface area contributed by atoms with Crippen LogP contribution in [-0.2, 0) is 0 Å². The molecule has 7 heteroatoms. The Bertz CT molecular complexity index is 461. The average Bonchev–Trinajstić information content (AvgIpc) is 2.35. The highest BCUT2D eigenvalue weighted by atomic mass is 79.9. The first-order chi connectivity index (χ1) is 9.37. The molecule has 0 heterocycles. The van der Waals surface area contributed by atoms with Gasteiger partial charge in [-0.15, -0.1) is 0 Å². The zero-order valence-corrected chi connectivity index (χ0v) is 12.4. The van der Waals surface area contributed by atoms with E-state index in [0.717, 1.165) is 0 Å². The number of hydrogen-bond acceptors (Lipinski definition) is 3. The number of benzene rings is 1. The van der Waals surface area contributed by atoms with Crippen LogP contribution in [0.1, 0.15) is 30.1 Å². The van der Waals surface area contributed by atoms with Crippen molar-refractivity contribution in [3.05, 3.63) is 22.2 Å². The van der Waals surface area contributed by atoms with E-state index in [2.05, 4.69) is 15.9 Å². The largest absolute Gasteiger partial charge is 0.490 e. The van der Waals surface area contributed by atoms with Crippen molar-refractivity contribution in [1.82, 2.24) is 0 Å². The van der Waals surface area contributed by atoms with Gasteiger partial charge in [0.1, 0.15) is 6.29 Å². The predicted octanol–water partition coefficient (Wildman–Crippen LogP) is 4.38. The van der Waals surface area contributed by atoms with Crippen LogP contribution in [0.2, 0.25) is 0 Å². The molecule has 0 unspecified atom stereocenters. The van der Waals surface area contributed by atoms with E-state index in [-0.39, 0.29) is 13.0 Å². The van der Waals surface area contributed by atoms with Crippen LogP contribution in [0.15, 0.2) is 16.6 Å². The van der Waals surface area contributed by atoms with Crippen molar-refractivity contribution in [2.45, 2.75) is 25.9 Å². The molecule has 0 fully saturated rings. The molecule has 0 bridgehead atoms. The van der Waals surface area contributed by atoms with E-state index in [1.165, 1.54) is 12.1 Å². The molecule has 0 radical (unpaired) electrons. The van der Waals surface area contributed by atoms with E-state index >= 15 is 0 Å². The molecule has 0 aliphatic carbocycles. The molecule has 3 nitrogen and oxygen atoms in total. The summed E-state index contributed by atoms with van der Waals surface area (Å²) in [6.07, 6.45) is -4.58. The number of aldehydes is 1. The molecule has 0 aromatic heterocycles. The van der Waals surface area contributed by atoms with E-state index in [1.807, 2.05) is 0 Å². The molecule has 0 atom stereocenters. The third kappa shape index (κ3) is 5.40. The summed E-state index contributed by atoms with van der Waals surface area (Å²) in [5, 5.41) is 0. The van der Waals surface area contributed by atoms with Crippen molar-refractivity contribution in [1.29, 1.82) is 0 Å². The second kappa shape index (κ2) is 7.52. The van der Waals surface area contributed by atoms with Gasteiger partial charge >= 0.3 is 6.18 Å². The Morgan fingerprint density at radius 1 is 1.30 bits per heavy atom. The highest BCUT2D eigenvalue weighted by molar-refractivity contribution is 9.10. The zero-order valence-electron chi connectivity index (χ0n) is 10.8. The topological polar surface area (TPSA) is 35.5 Å².